The molecule has 3 aliphatic rings. The van der Waals surface area contributed by atoms with Gasteiger partial charge in [0.05, 0.1) is 0 Å². The Hall–Kier alpha value is -0.460. The van der Waals surface area contributed by atoms with Crippen molar-refractivity contribution in [1.29, 1.82) is 0 Å². The molecule has 2 unspecified atom stereocenters. The number of rotatable bonds is 1. The van der Waals surface area contributed by atoms with Crippen LogP contribution in [-0.2, 0) is 4.79 Å². The summed E-state index contributed by atoms with van der Waals surface area (Å²) in [6, 6.07) is 0.413. The van der Waals surface area contributed by atoms with E-state index < -0.39 is 0 Å². The molecule has 0 aromatic heterocycles. The molecule has 2 amide bonds. The highest BCUT2D eigenvalue weighted by Gasteiger charge is 2.42. The second-order valence-electron chi connectivity index (χ2n) is 4.92. The quantitative estimate of drug-likeness (QED) is 0.742. The summed E-state index contributed by atoms with van der Waals surface area (Å²) in [5, 5.41) is 6.06. The van der Waals surface area contributed by atoms with E-state index in [1.54, 1.807) is 0 Å². The van der Waals surface area contributed by atoms with Crippen molar-refractivity contribution >= 4 is 35.3 Å². The van der Waals surface area contributed by atoms with E-state index in [1.165, 1.54) is 11.8 Å². The fraction of sp³-hybridized carbons (Fsp3) is 0.818. The molecule has 3 fully saturated rings. The number of hydrogen-bond donors (Lipinski definition) is 2. The van der Waals surface area contributed by atoms with Crippen LogP contribution in [0.5, 0.6) is 0 Å². The normalized spacial score (nSPS) is 34.8. The molecular weight excluding hydrogens is 274 g/mol. The van der Waals surface area contributed by atoms with Crippen LogP contribution in [0.1, 0.15) is 19.3 Å². The van der Waals surface area contributed by atoms with Gasteiger partial charge in [0.25, 0.3) is 5.24 Å². The van der Waals surface area contributed by atoms with Gasteiger partial charge in [-0.25, -0.2) is 0 Å². The van der Waals surface area contributed by atoms with Crippen LogP contribution in [-0.4, -0.2) is 53.0 Å². The van der Waals surface area contributed by atoms with Crippen LogP contribution in [0, 0.1) is 0 Å². The zero-order valence-electron chi connectivity index (χ0n) is 10.1. The van der Waals surface area contributed by atoms with Crippen molar-refractivity contribution in [2.24, 2.45) is 0 Å². The van der Waals surface area contributed by atoms with E-state index in [0.717, 1.165) is 32.4 Å². The zero-order chi connectivity index (χ0) is 11.8. The highest BCUT2D eigenvalue weighted by Crippen LogP contribution is 2.29. The Labute approximate surface area is 117 Å². The third-order valence-corrected chi connectivity index (χ3v) is 4.76. The summed E-state index contributed by atoms with van der Waals surface area (Å²) >= 11 is 1.21. The van der Waals surface area contributed by atoms with Crippen LogP contribution in [0.2, 0.25) is 0 Å². The van der Waals surface area contributed by atoms with Crippen LogP contribution < -0.4 is 10.6 Å². The molecule has 0 aromatic carbocycles. The summed E-state index contributed by atoms with van der Waals surface area (Å²) in [7, 11) is 0. The monoisotopic (exact) mass is 291 g/mol. The molecule has 0 aliphatic carbocycles. The lowest BCUT2D eigenvalue weighted by molar-refractivity contribution is -0.135. The average molecular weight is 292 g/mol. The second kappa shape index (κ2) is 5.67. The SMILES string of the molecule is Cl.O=C1N[C@H](C(=O)N2C3CCNCC2CC3)CS1. The first-order valence-electron chi connectivity index (χ1n) is 6.22. The number of amides is 2. The van der Waals surface area contributed by atoms with Crippen LogP contribution >= 0.6 is 24.2 Å². The molecule has 5 nitrogen and oxygen atoms in total. The van der Waals surface area contributed by atoms with Crippen LogP contribution in [0.15, 0.2) is 0 Å². The van der Waals surface area contributed by atoms with Gasteiger partial charge in [-0.2, -0.15) is 0 Å². The number of carbonyl (C=O) groups excluding carboxylic acids is 2. The Morgan fingerprint density at radius 2 is 2.06 bits per heavy atom. The number of fused-ring (bicyclic) bond motifs is 2. The van der Waals surface area contributed by atoms with Crippen molar-refractivity contribution in [1.82, 2.24) is 15.5 Å². The number of carbonyl (C=O) groups is 2. The van der Waals surface area contributed by atoms with E-state index in [0.29, 0.717) is 17.8 Å². The molecule has 2 bridgehead atoms. The topological polar surface area (TPSA) is 61.4 Å². The van der Waals surface area contributed by atoms with Crippen molar-refractivity contribution < 1.29 is 9.59 Å². The summed E-state index contributed by atoms with van der Waals surface area (Å²) in [5.74, 6) is 0.709. The van der Waals surface area contributed by atoms with Gasteiger partial charge >= 0.3 is 0 Å². The zero-order valence-corrected chi connectivity index (χ0v) is 11.7. The average Bonchev–Trinajstić information content (AvgIpc) is 2.81. The predicted octanol–water partition coefficient (Wildman–Crippen LogP) is 0.586. The van der Waals surface area contributed by atoms with Crippen molar-refractivity contribution in [2.75, 3.05) is 18.8 Å². The summed E-state index contributed by atoms with van der Waals surface area (Å²) in [6.07, 6.45) is 3.25. The van der Waals surface area contributed by atoms with Gasteiger partial charge in [-0.3, -0.25) is 9.59 Å². The lowest BCUT2D eigenvalue weighted by atomic mass is 10.1. The standard InChI is InChI=1S/C11H17N3O2S.ClH/c15-10(9-6-17-11(16)13-9)14-7-1-2-8(14)5-12-4-3-7;/h7-9,12H,1-6H2,(H,13,16);1H/t7?,8?,9-;/m0./s1. The van der Waals surface area contributed by atoms with Gasteiger partial charge in [-0.05, 0) is 25.8 Å². The Bertz CT molecular complexity index is 341. The van der Waals surface area contributed by atoms with Gasteiger partial charge in [0.2, 0.25) is 5.91 Å². The largest absolute Gasteiger partial charge is 0.334 e. The first kappa shape index (κ1) is 14.0. The minimum atomic E-state index is -0.298. The Kier molecular flexibility index (Phi) is 4.40. The second-order valence-corrected chi connectivity index (χ2v) is 5.91. The van der Waals surface area contributed by atoms with Gasteiger partial charge < -0.3 is 15.5 Å². The Balaban J connectivity index is 0.00000120. The summed E-state index contributed by atoms with van der Waals surface area (Å²) in [6.45, 7) is 1.90. The van der Waals surface area contributed by atoms with Crippen LogP contribution in [0.25, 0.3) is 0 Å². The van der Waals surface area contributed by atoms with Crippen molar-refractivity contribution in [3.05, 3.63) is 0 Å². The third-order valence-electron chi connectivity index (χ3n) is 3.88. The van der Waals surface area contributed by atoms with Crippen molar-refractivity contribution in [3.8, 4) is 0 Å². The molecule has 3 atom stereocenters. The fourth-order valence-corrected chi connectivity index (χ4v) is 3.81. The molecule has 2 N–H and O–H groups in total. The molecule has 0 saturated carbocycles. The number of halogens is 1. The van der Waals surface area contributed by atoms with E-state index in [4.69, 9.17) is 0 Å². The number of nitrogens with one attached hydrogen (secondary N) is 2. The molecule has 3 heterocycles. The van der Waals surface area contributed by atoms with E-state index in [1.807, 2.05) is 4.90 Å². The molecular formula is C11H18ClN3O2S. The van der Waals surface area contributed by atoms with Gasteiger partial charge in [-0.15, -0.1) is 12.4 Å². The van der Waals surface area contributed by atoms with E-state index >= 15 is 0 Å². The first-order valence-corrected chi connectivity index (χ1v) is 7.20. The lowest BCUT2D eigenvalue weighted by Gasteiger charge is -2.30. The molecule has 0 spiro atoms. The van der Waals surface area contributed by atoms with Gasteiger partial charge in [0.1, 0.15) is 6.04 Å². The maximum Gasteiger partial charge on any atom is 0.279 e. The van der Waals surface area contributed by atoms with E-state index in [2.05, 4.69) is 10.6 Å². The third kappa shape index (κ3) is 2.46. The highest BCUT2D eigenvalue weighted by molar-refractivity contribution is 8.14. The van der Waals surface area contributed by atoms with Gasteiger partial charge in [0.15, 0.2) is 0 Å². The summed E-state index contributed by atoms with van der Waals surface area (Å²) < 4.78 is 0. The first-order chi connectivity index (χ1) is 8.25. The molecule has 3 rings (SSSR count). The molecule has 7 heteroatoms. The molecule has 18 heavy (non-hydrogen) atoms. The maximum absolute atomic E-state index is 12.4. The Morgan fingerprint density at radius 1 is 1.28 bits per heavy atom. The molecule has 3 saturated heterocycles. The summed E-state index contributed by atoms with van der Waals surface area (Å²) in [5.41, 5.74) is 0. The van der Waals surface area contributed by atoms with Crippen molar-refractivity contribution in [2.45, 2.75) is 37.4 Å². The van der Waals surface area contributed by atoms with Crippen LogP contribution in [0.4, 0.5) is 4.79 Å². The smallest absolute Gasteiger partial charge is 0.279 e. The molecule has 0 radical (unpaired) electrons. The molecule has 102 valence electrons. The maximum atomic E-state index is 12.4. The predicted molar refractivity (Wildman–Crippen MR) is 73.2 cm³/mol. The van der Waals surface area contributed by atoms with Gasteiger partial charge in [-0.1, -0.05) is 11.8 Å². The summed E-state index contributed by atoms with van der Waals surface area (Å²) in [4.78, 5) is 25.6. The van der Waals surface area contributed by atoms with Gasteiger partial charge in [0, 0.05) is 24.4 Å². The minimum Gasteiger partial charge on any atom is -0.334 e. The molecule has 0 aromatic rings. The van der Waals surface area contributed by atoms with Crippen molar-refractivity contribution in [3.63, 3.8) is 0 Å². The lowest BCUT2D eigenvalue weighted by Crippen LogP contribution is -2.51. The Morgan fingerprint density at radius 3 is 2.78 bits per heavy atom. The number of hydrogen-bond acceptors (Lipinski definition) is 4. The van der Waals surface area contributed by atoms with Crippen LogP contribution in [0.3, 0.4) is 0 Å². The molecule has 3 aliphatic heterocycles. The fourth-order valence-electron chi connectivity index (χ4n) is 3.04. The van der Waals surface area contributed by atoms with E-state index in [9.17, 15) is 9.59 Å². The van der Waals surface area contributed by atoms with E-state index in [-0.39, 0.29) is 29.6 Å². The highest BCUT2D eigenvalue weighted by atomic mass is 35.5. The number of nitrogens with zero attached hydrogens (tertiary/aromatic N) is 1. The number of thioether (sulfide) groups is 1. The minimum absolute atomic E-state index is 0.